The molecule has 0 fully saturated rings. The number of rotatable bonds is 3. The van der Waals surface area contributed by atoms with E-state index in [9.17, 15) is 4.79 Å². The summed E-state index contributed by atoms with van der Waals surface area (Å²) in [7, 11) is 3.44. The second-order valence-electron chi connectivity index (χ2n) is 6.26. The molecule has 7 heteroatoms. The molecule has 4 rings (SSSR count). The minimum atomic E-state index is -0.105. The number of nitrogens with zero attached hydrogens (tertiary/aromatic N) is 4. The van der Waals surface area contributed by atoms with E-state index < -0.39 is 0 Å². The molecule has 2 aromatic heterocycles. The number of fused-ring (bicyclic) bond motifs is 3. The second-order valence-corrected chi connectivity index (χ2v) is 7.29. The molecule has 2 heterocycles. The van der Waals surface area contributed by atoms with Gasteiger partial charge in [0, 0.05) is 31.4 Å². The first-order chi connectivity index (χ1) is 12.5. The van der Waals surface area contributed by atoms with Crippen molar-refractivity contribution in [3.8, 4) is 0 Å². The molecule has 0 unspecified atom stereocenters. The highest BCUT2D eigenvalue weighted by Crippen LogP contribution is 2.29. The van der Waals surface area contributed by atoms with Gasteiger partial charge in [0.25, 0.3) is 5.91 Å². The van der Waals surface area contributed by atoms with Gasteiger partial charge in [0.05, 0.1) is 4.70 Å². The predicted molar refractivity (Wildman–Crippen MR) is 105 cm³/mol. The van der Waals surface area contributed by atoms with Crippen molar-refractivity contribution in [2.75, 3.05) is 19.4 Å². The topological polar surface area (TPSA) is 71.0 Å². The van der Waals surface area contributed by atoms with Crippen LogP contribution in [0, 0.1) is 6.92 Å². The lowest BCUT2D eigenvalue weighted by Crippen LogP contribution is -2.21. The number of hydrogen-bond acceptors (Lipinski definition) is 6. The first-order valence-electron chi connectivity index (χ1n) is 8.13. The Morgan fingerprint density at radius 3 is 2.73 bits per heavy atom. The number of carbonyl (C=O) groups is 1. The van der Waals surface area contributed by atoms with Gasteiger partial charge in [-0.3, -0.25) is 4.79 Å². The Kier molecular flexibility index (Phi) is 4.00. The number of anilines is 2. The van der Waals surface area contributed by atoms with Crippen LogP contribution in [0.3, 0.4) is 0 Å². The summed E-state index contributed by atoms with van der Waals surface area (Å²) in [5, 5.41) is 4.58. The van der Waals surface area contributed by atoms with E-state index in [4.69, 9.17) is 0 Å². The number of aromatic nitrogens is 3. The van der Waals surface area contributed by atoms with E-state index in [0.29, 0.717) is 11.0 Å². The molecule has 130 valence electrons. The first kappa shape index (κ1) is 16.4. The summed E-state index contributed by atoms with van der Waals surface area (Å²) in [4.78, 5) is 27.3. The van der Waals surface area contributed by atoms with Crippen LogP contribution in [0.2, 0.25) is 0 Å². The highest BCUT2D eigenvalue weighted by atomic mass is 32.1. The molecule has 1 N–H and O–H groups in total. The number of nitrogens with one attached hydrogen (secondary N) is 1. The zero-order chi connectivity index (χ0) is 18.3. The van der Waals surface area contributed by atoms with Crippen LogP contribution >= 0.6 is 11.3 Å². The second kappa shape index (κ2) is 6.34. The van der Waals surface area contributed by atoms with Gasteiger partial charge in [-0.05, 0) is 36.8 Å². The Hall–Kier alpha value is -3.06. The number of carbonyl (C=O) groups excluding carboxylic acids is 1. The minimum absolute atomic E-state index is 0.105. The van der Waals surface area contributed by atoms with E-state index in [1.54, 1.807) is 20.3 Å². The van der Waals surface area contributed by atoms with Crippen LogP contribution in [0.1, 0.15) is 15.4 Å². The number of hydrogen-bond donors (Lipinski definition) is 1. The van der Waals surface area contributed by atoms with Crippen LogP contribution in [-0.2, 0) is 0 Å². The molecule has 0 aliphatic heterocycles. The fraction of sp³-hybridized carbons (Fsp3) is 0.158. The van der Waals surface area contributed by atoms with Gasteiger partial charge in [0.2, 0.25) is 5.95 Å². The number of thiazole rings is 1. The van der Waals surface area contributed by atoms with Crippen molar-refractivity contribution >= 4 is 50.0 Å². The summed E-state index contributed by atoms with van der Waals surface area (Å²) in [6.45, 7) is 2.04. The number of aryl methyl sites for hydroxylation is 1. The fourth-order valence-electron chi connectivity index (χ4n) is 2.68. The molecule has 0 saturated carbocycles. The third-order valence-electron chi connectivity index (χ3n) is 3.97. The zero-order valence-electron chi connectivity index (χ0n) is 14.6. The summed E-state index contributed by atoms with van der Waals surface area (Å²) in [5.74, 6) is 0.399. The van der Waals surface area contributed by atoms with Crippen molar-refractivity contribution in [3.63, 3.8) is 0 Å². The van der Waals surface area contributed by atoms with Crippen LogP contribution in [0.15, 0.2) is 42.6 Å². The monoisotopic (exact) mass is 363 g/mol. The lowest BCUT2D eigenvalue weighted by molar-refractivity contribution is 0.0827. The molecule has 26 heavy (non-hydrogen) atoms. The van der Waals surface area contributed by atoms with E-state index in [1.165, 1.54) is 16.2 Å². The molecule has 0 aliphatic carbocycles. The average molecular weight is 363 g/mol. The molecule has 2 aromatic carbocycles. The van der Waals surface area contributed by atoms with Crippen molar-refractivity contribution in [1.82, 2.24) is 19.9 Å². The summed E-state index contributed by atoms with van der Waals surface area (Å²) >= 11 is 1.38. The summed E-state index contributed by atoms with van der Waals surface area (Å²) in [6.07, 6.45) is 1.77. The van der Waals surface area contributed by atoms with E-state index in [2.05, 4.69) is 20.3 Å². The Labute approximate surface area is 154 Å². The van der Waals surface area contributed by atoms with Gasteiger partial charge in [-0.25, -0.2) is 15.0 Å². The zero-order valence-corrected chi connectivity index (χ0v) is 15.5. The largest absolute Gasteiger partial charge is 0.343 e. The molecule has 1 amide bonds. The van der Waals surface area contributed by atoms with Gasteiger partial charge in [-0.15, -0.1) is 11.3 Å². The quantitative estimate of drug-likeness (QED) is 0.596. The van der Waals surface area contributed by atoms with Crippen molar-refractivity contribution in [2.24, 2.45) is 0 Å². The van der Waals surface area contributed by atoms with E-state index in [1.807, 2.05) is 43.3 Å². The maximum Gasteiger partial charge on any atom is 0.282 e. The van der Waals surface area contributed by atoms with Gasteiger partial charge in [-0.1, -0.05) is 12.1 Å². The first-order valence-corrected chi connectivity index (χ1v) is 8.94. The lowest BCUT2D eigenvalue weighted by atomic mass is 10.2. The third kappa shape index (κ3) is 2.97. The smallest absolute Gasteiger partial charge is 0.282 e. The van der Waals surface area contributed by atoms with Gasteiger partial charge in [0.1, 0.15) is 11.0 Å². The molecule has 4 aromatic rings. The molecular formula is C19H17N5OS. The van der Waals surface area contributed by atoms with Crippen LogP contribution in [0.5, 0.6) is 0 Å². The summed E-state index contributed by atoms with van der Waals surface area (Å²) in [6, 6.07) is 11.9. The molecule has 0 aliphatic rings. The highest BCUT2D eigenvalue weighted by molar-refractivity contribution is 7.20. The van der Waals surface area contributed by atoms with Gasteiger partial charge >= 0.3 is 0 Å². The normalized spacial score (nSPS) is 11.0. The Balaban J connectivity index is 1.80. The van der Waals surface area contributed by atoms with Crippen LogP contribution < -0.4 is 5.32 Å². The molecule has 0 radical (unpaired) electrons. The predicted octanol–water partition coefficient (Wildman–Crippen LogP) is 3.99. The van der Waals surface area contributed by atoms with Crippen molar-refractivity contribution in [2.45, 2.75) is 6.92 Å². The third-order valence-corrected chi connectivity index (χ3v) is 4.98. The fourth-order valence-corrected chi connectivity index (χ4v) is 3.67. The van der Waals surface area contributed by atoms with E-state index in [-0.39, 0.29) is 5.91 Å². The number of amides is 1. The molecule has 0 bridgehead atoms. The maximum absolute atomic E-state index is 12.2. The van der Waals surface area contributed by atoms with Gasteiger partial charge in [-0.2, -0.15) is 0 Å². The minimum Gasteiger partial charge on any atom is -0.343 e. The molecular weight excluding hydrogens is 346 g/mol. The SMILES string of the molecule is Cc1cccc(Nc2ncc3ccc4sc(C(=O)N(C)C)nc4c3n2)c1. The Morgan fingerprint density at radius 2 is 1.96 bits per heavy atom. The molecule has 0 spiro atoms. The lowest BCUT2D eigenvalue weighted by Gasteiger charge is -2.07. The van der Waals surface area contributed by atoms with Crippen LogP contribution in [0.25, 0.3) is 21.1 Å². The molecule has 0 atom stereocenters. The van der Waals surface area contributed by atoms with Gasteiger partial charge in [0.15, 0.2) is 5.01 Å². The van der Waals surface area contributed by atoms with Crippen molar-refractivity contribution in [3.05, 3.63) is 53.2 Å². The number of benzene rings is 2. The average Bonchev–Trinajstić information content (AvgIpc) is 3.05. The van der Waals surface area contributed by atoms with Crippen molar-refractivity contribution < 1.29 is 4.79 Å². The molecule has 6 nitrogen and oxygen atoms in total. The Morgan fingerprint density at radius 1 is 1.12 bits per heavy atom. The van der Waals surface area contributed by atoms with E-state index in [0.717, 1.165) is 32.4 Å². The van der Waals surface area contributed by atoms with Gasteiger partial charge < -0.3 is 10.2 Å². The van der Waals surface area contributed by atoms with Crippen molar-refractivity contribution in [1.29, 1.82) is 0 Å². The van der Waals surface area contributed by atoms with Crippen LogP contribution in [0.4, 0.5) is 11.6 Å². The van der Waals surface area contributed by atoms with E-state index >= 15 is 0 Å². The summed E-state index contributed by atoms with van der Waals surface area (Å²) in [5.41, 5.74) is 3.55. The maximum atomic E-state index is 12.2. The summed E-state index contributed by atoms with van der Waals surface area (Å²) < 4.78 is 0.933. The molecule has 0 saturated heterocycles. The highest BCUT2D eigenvalue weighted by Gasteiger charge is 2.16. The Bertz CT molecular complexity index is 1140. The standard InChI is InChI=1S/C19H17N5OS/c1-11-5-4-6-13(9-11)21-19-20-10-12-7-8-14-16(15(12)23-19)22-17(26-14)18(25)24(2)3/h4-10H,1-3H3,(H,20,21,23). The van der Waals surface area contributed by atoms with Crippen LogP contribution in [-0.4, -0.2) is 39.9 Å².